The molecule has 1 saturated heterocycles. The van der Waals surface area contributed by atoms with Crippen LogP contribution in [-0.2, 0) is 19.2 Å². The maximum absolute atomic E-state index is 10.1. The van der Waals surface area contributed by atoms with Gasteiger partial charge in [0.05, 0.1) is 19.3 Å². The summed E-state index contributed by atoms with van der Waals surface area (Å²) in [5.41, 5.74) is 14.2. The first kappa shape index (κ1) is 30.4. The van der Waals surface area contributed by atoms with Crippen LogP contribution in [0.25, 0.3) is 0 Å². The van der Waals surface area contributed by atoms with Gasteiger partial charge in [-0.2, -0.15) is 0 Å². The average Bonchev–Trinajstić information content (AvgIpc) is 3.16. The zero-order chi connectivity index (χ0) is 22.9. The summed E-state index contributed by atoms with van der Waals surface area (Å²) in [6, 6.07) is -2.55. The molecule has 14 heteroatoms. The van der Waals surface area contributed by atoms with Gasteiger partial charge in [0.1, 0.15) is 18.1 Å². The molecular weight excluding hydrogens is 384 g/mol. The van der Waals surface area contributed by atoms with Gasteiger partial charge in [-0.1, -0.05) is 0 Å². The van der Waals surface area contributed by atoms with E-state index in [1.54, 1.807) is 0 Å². The Morgan fingerprint density at radius 1 is 1.07 bits per heavy atom. The second-order valence-corrected chi connectivity index (χ2v) is 5.32. The van der Waals surface area contributed by atoms with Crippen molar-refractivity contribution >= 4 is 23.9 Å². The molecule has 14 nitrogen and oxygen atoms in total. The van der Waals surface area contributed by atoms with Crippen LogP contribution in [0, 0.1) is 0 Å². The monoisotopic (exact) mass is 414 g/mol. The van der Waals surface area contributed by atoms with Crippen LogP contribution in [0.2, 0.25) is 0 Å². The van der Waals surface area contributed by atoms with Gasteiger partial charge in [-0.25, -0.2) is 0 Å². The summed E-state index contributed by atoms with van der Waals surface area (Å²) < 4.78 is 0. The zero-order valence-electron chi connectivity index (χ0n) is 15.4. The number of aliphatic carboxylic acids is 4. The van der Waals surface area contributed by atoms with E-state index in [2.05, 4.69) is 11.1 Å². The number of nitrogens with two attached hydrogens (primary N) is 3. The third kappa shape index (κ3) is 20.0. The van der Waals surface area contributed by atoms with Gasteiger partial charge in [0.15, 0.2) is 0 Å². The fourth-order valence-electron chi connectivity index (χ4n) is 1.18. The Hall–Kier alpha value is -2.36. The van der Waals surface area contributed by atoms with E-state index in [1.165, 1.54) is 6.92 Å². The van der Waals surface area contributed by atoms with Gasteiger partial charge in [-0.15, -0.1) is 0 Å². The van der Waals surface area contributed by atoms with E-state index in [4.69, 9.17) is 42.1 Å². The zero-order valence-corrected chi connectivity index (χ0v) is 15.4. The van der Waals surface area contributed by atoms with Crippen LogP contribution in [0.1, 0.15) is 19.8 Å². The van der Waals surface area contributed by atoms with Crippen molar-refractivity contribution in [1.82, 2.24) is 5.32 Å². The molecule has 1 heterocycles. The second kappa shape index (κ2) is 18.0. The van der Waals surface area contributed by atoms with Crippen molar-refractivity contribution < 1.29 is 49.8 Å². The Bertz CT molecular complexity index is 457. The first-order valence-electron chi connectivity index (χ1n) is 7.95. The molecule has 1 rings (SSSR count). The number of carbonyl (C=O) groups is 4. The van der Waals surface area contributed by atoms with Crippen molar-refractivity contribution in [2.24, 2.45) is 17.2 Å². The van der Waals surface area contributed by atoms with E-state index in [-0.39, 0.29) is 12.6 Å². The van der Waals surface area contributed by atoms with Crippen molar-refractivity contribution in [3.63, 3.8) is 0 Å². The number of aliphatic hydroxyl groups is 2. The second-order valence-electron chi connectivity index (χ2n) is 5.32. The molecule has 0 aromatic carbocycles. The minimum Gasteiger partial charge on any atom is -0.480 e. The van der Waals surface area contributed by atoms with Crippen molar-refractivity contribution in [2.45, 2.75) is 44.0 Å². The van der Waals surface area contributed by atoms with Crippen molar-refractivity contribution in [3.8, 4) is 0 Å². The van der Waals surface area contributed by atoms with E-state index >= 15 is 0 Å². The van der Waals surface area contributed by atoms with Gasteiger partial charge in [0.2, 0.25) is 0 Å². The third-order valence-electron chi connectivity index (χ3n) is 2.85. The Balaban J connectivity index is -0.000000302. The van der Waals surface area contributed by atoms with Gasteiger partial charge in [0, 0.05) is 0 Å². The maximum Gasteiger partial charge on any atom is 0.323 e. The number of nitrogens with one attached hydrogen (secondary N) is 1. The molecule has 0 amide bonds. The molecule has 0 aromatic heterocycles. The number of aliphatic hydroxyl groups excluding tert-OH is 2. The minimum atomic E-state index is -1.18. The standard InChI is InChI=1S/C5H9NO2.C4H9NO3.C3H7NO3.C2H5NO2/c7-5(8)4-2-1-3-6-4;1-2(6)3(5)4(7)8;4-2(1-5)3(6)7;3-1-2(4)5/h4,6H,1-3H2,(H,7,8);2-3,6H,5H2,1H3,(H,7,8);2,5H,1,4H2,(H,6,7);1,3H2,(H,4,5)/t4-;;;/m0.../s1. The van der Waals surface area contributed by atoms with Crippen LogP contribution in [0.4, 0.5) is 0 Å². The van der Waals surface area contributed by atoms with Gasteiger partial charge in [-0.05, 0) is 26.3 Å². The molecule has 3 unspecified atom stereocenters. The van der Waals surface area contributed by atoms with E-state index in [1.807, 2.05) is 0 Å². The van der Waals surface area contributed by atoms with Crippen LogP contribution < -0.4 is 22.5 Å². The van der Waals surface area contributed by atoms with E-state index in [0.29, 0.717) is 0 Å². The van der Waals surface area contributed by atoms with Crippen LogP contribution in [0.5, 0.6) is 0 Å². The Morgan fingerprint density at radius 2 is 1.54 bits per heavy atom. The fraction of sp³-hybridized carbons (Fsp3) is 0.714. The number of hydrogen-bond donors (Lipinski definition) is 10. The molecule has 1 aliphatic rings. The summed E-state index contributed by atoms with van der Waals surface area (Å²) >= 11 is 0. The lowest BCUT2D eigenvalue weighted by atomic mass is 10.2. The first-order valence-corrected chi connectivity index (χ1v) is 7.95. The maximum atomic E-state index is 10.1. The van der Waals surface area contributed by atoms with E-state index in [0.717, 1.165) is 19.4 Å². The first-order chi connectivity index (χ1) is 12.8. The van der Waals surface area contributed by atoms with Crippen LogP contribution in [0.15, 0.2) is 0 Å². The molecule has 0 aromatic rings. The molecule has 0 saturated carbocycles. The molecule has 0 bridgehead atoms. The molecule has 28 heavy (non-hydrogen) atoms. The highest BCUT2D eigenvalue weighted by Crippen LogP contribution is 2.03. The minimum absolute atomic E-state index is 0.269. The van der Waals surface area contributed by atoms with E-state index < -0.39 is 48.7 Å². The van der Waals surface area contributed by atoms with Gasteiger partial charge < -0.3 is 53.2 Å². The summed E-state index contributed by atoms with van der Waals surface area (Å²) in [5.74, 6) is -4.05. The smallest absolute Gasteiger partial charge is 0.323 e. The topological polar surface area (TPSA) is 280 Å². The van der Waals surface area contributed by atoms with Crippen molar-refractivity contribution in [2.75, 3.05) is 19.7 Å². The molecular formula is C14H30N4O10. The summed E-state index contributed by atoms with van der Waals surface area (Å²) in [4.78, 5) is 38.9. The summed E-state index contributed by atoms with van der Waals surface area (Å²) in [5, 5.41) is 51.3. The third-order valence-corrected chi connectivity index (χ3v) is 2.85. The van der Waals surface area contributed by atoms with Gasteiger partial charge >= 0.3 is 23.9 Å². The number of carboxylic acids is 4. The highest BCUT2D eigenvalue weighted by molar-refractivity contribution is 5.74. The highest BCUT2D eigenvalue weighted by atomic mass is 16.4. The molecule has 0 aliphatic carbocycles. The largest absolute Gasteiger partial charge is 0.480 e. The van der Waals surface area contributed by atoms with Gasteiger partial charge in [0.25, 0.3) is 0 Å². The predicted molar refractivity (Wildman–Crippen MR) is 95.3 cm³/mol. The fourth-order valence-corrected chi connectivity index (χ4v) is 1.18. The molecule has 0 spiro atoms. The van der Waals surface area contributed by atoms with Gasteiger partial charge in [-0.3, -0.25) is 19.2 Å². The average molecular weight is 414 g/mol. The Kier molecular flexibility index (Phi) is 19.6. The number of hydrogen-bond acceptors (Lipinski definition) is 10. The number of carboxylic acid groups (broad SMARTS) is 4. The lowest BCUT2D eigenvalue weighted by molar-refractivity contribution is -0.141. The molecule has 4 atom stereocenters. The SMILES string of the molecule is CC(O)C(N)C(=O)O.NC(CO)C(=O)O.NCC(=O)O.O=C(O)[C@@H]1CCCN1. The van der Waals surface area contributed by atoms with Crippen LogP contribution in [-0.4, -0.2) is 98.4 Å². The van der Waals surface area contributed by atoms with Crippen molar-refractivity contribution in [3.05, 3.63) is 0 Å². The molecule has 1 fully saturated rings. The quantitative estimate of drug-likeness (QED) is 0.198. The van der Waals surface area contributed by atoms with E-state index in [9.17, 15) is 19.2 Å². The van der Waals surface area contributed by atoms with Crippen LogP contribution in [0.3, 0.4) is 0 Å². The van der Waals surface area contributed by atoms with Crippen LogP contribution >= 0.6 is 0 Å². The lowest BCUT2D eigenvalue weighted by Gasteiger charge is -2.06. The predicted octanol–water partition coefficient (Wildman–Crippen LogP) is -3.98. The molecule has 13 N–H and O–H groups in total. The molecule has 0 radical (unpaired) electrons. The Morgan fingerprint density at radius 3 is 1.61 bits per heavy atom. The lowest BCUT2D eigenvalue weighted by Crippen LogP contribution is -2.39. The number of rotatable bonds is 6. The summed E-state index contributed by atoms with van der Waals surface area (Å²) in [7, 11) is 0. The Labute approximate surface area is 160 Å². The highest BCUT2D eigenvalue weighted by Gasteiger charge is 2.20. The normalized spacial score (nSPS) is 17.7. The summed E-state index contributed by atoms with van der Waals surface area (Å²) in [6.45, 7) is 1.41. The molecule has 1 aliphatic heterocycles. The summed E-state index contributed by atoms with van der Waals surface area (Å²) in [6.07, 6.45) is 0.805. The van der Waals surface area contributed by atoms with Crippen molar-refractivity contribution in [1.29, 1.82) is 0 Å². The molecule has 166 valence electrons.